The van der Waals surface area contributed by atoms with Gasteiger partial charge < -0.3 is 4.74 Å². The minimum Gasteiger partial charge on any atom is -0.465 e. The molecule has 0 heterocycles. The monoisotopic (exact) mass is 491 g/mol. The zero-order valence-electron chi connectivity index (χ0n) is 21.2. The molecule has 0 amide bonds. The first-order valence-corrected chi connectivity index (χ1v) is 12.9. The molecule has 0 atom stereocenters. The molecule has 3 nitrogen and oxygen atoms in total. The Morgan fingerprint density at radius 1 is 0.889 bits per heavy atom. The second kappa shape index (κ2) is 12.3. The Kier molecular flexibility index (Phi) is 8.87. The molecule has 36 heavy (non-hydrogen) atoms. The number of carbonyl (C=O) groups is 1. The first-order chi connectivity index (χ1) is 17.4. The molecule has 0 saturated heterocycles. The van der Waals surface area contributed by atoms with Crippen molar-refractivity contribution < 1.29 is 18.3 Å². The van der Waals surface area contributed by atoms with E-state index in [9.17, 15) is 13.6 Å². The van der Waals surface area contributed by atoms with Crippen LogP contribution in [0.2, 0.25) is 0 Å². The van der Waals surface area contributed by atoms with Gasteiger partial charge in [-0.1, -0.05) is 62.4 Å². The Labute approximate surface area is 213 Å². The predicted molar refractivity (Wildman–Crippen MR) is 140 cm³/mol. The van der Waals surface area contributed by atoms with Gasteiger partial charge in [0.15, 0.2) is 0 Å². The number of esters is 1. The van der Waals surface area contributed by atoms with Crippen LogP contribution in [0.1, 0.15) is 65.6 Å². The number of halogens is 2. The van der Waals surface area contributed by atoms with Gasteiger partial charge in [-0.15, -0.1) is 0 Å². The molecule has 1 aliphatic carbocycles. The Bertz CT molecular complexity index is 1170. The summed E-state index contributed by atoms with van der Waals surface area (Å²) < 4.78 is 32.9. The van der Waals surface area contributed by atoms with Crippen molar-refractivity contribution in [2.45, 2.75) is 58.5 Å². The van der Waals surface area contributed by atoms with E-state index < -0.39 is 11.6 Å². The lowest BCUT2D eigenvalue weighted by Crippen LogP contribution is -2.26. The number of hydrogen-bond donors (Lipinski definition) is 0. The smallest absolute Gasteiger partial charge is 0.338 e. The van der Waals surface area contributed by atoms with Crippen molar-refractivity contribution in [1.29, 1.82) is 0 Å². The summed E-state index contributed by atoms with van der Waals surface area (Å²) in [5.74, 6) is -0.776. The van der Waals surface area contributed by atoms with Crippen LogP contribution in [-0.2, 0) is 17.8 Å². The average molecular weight is 492 g/mol. The Morgan fingerprint density at radius 3 is 2.28 bits per heavy atom. The zero-order chi connectivity index (χ0) is 25.5. The van der Waals surface area contributed by atoms with Crippen LogP contribution in [-0.4, -0.2) is 24.5 Å². The molecule has 5 heteroatoms. The van der Waals surface area contributed by atoms with E-state index in [1.165, 1.54) is 51.3 Å². The molecule has 3 aromatic rings. The fourth-order valence-corrected chi connectivity index (χ4v) is 5.35. The highest BCUT2D eigenvalue weighted by molar-refractivity contribution is 5.97. The van der Waals surface area contributed by atoms with Crippen LogP contribution in [0, 0.1) is 24.5 Å². The first-order valence-electron chi connectivity index (χ1n) is 12.9. The quantitative estimate of drug-likeness (QED) is 0.287. The highest BCUT2D eigenvalue weighted by Gasteiger charge is 2.19. The van der Waals surface area contributed by atoms with Crippen molar-refractivity contribution in [1.82, 2.24) is 4.90 Å². The van der Waals surface area contributed by atoms with Gasteiger partial charge in [0, 0.05) is 19.2 Å². The fraction of sp³-hybridized carbons (Fsp3) is 0.387. The van der Waals surface area contributed by atoms with Gasteiger partial charge in [-0.05, 0) is 77.9 Å². The minimum absolute atomic E-state index is 0.371. The molecule has 0 bridgehead atoms. The van der Waals surface area contributed by atoms with Crippen LogP contribution in [0.3, 0.4) is 0 Å². The second-order valence-electron chi connectivity index (χ2n) is 9.97. The number of carbonyl (C=O) groups excluding carboxylic acids is 1. The van der Waals surface area contributed by atoms with Crippen LogP contribution >= 0.6 is 0 Å². The van der Waals surface area contributed by atoms with Crippen LogP contribution in [0.4, 0.5) is 8.78 Å². The molecule has 1 fully saturated rings. The third kappa shape index (κ3) is 6.79. The second-order valence-corrected chi connectivity index (χ2v) is 9.97. The zero-order valence-corrected chi connectivity index (χ0v) is 21.2. The molecule has 4 rings (SSSR count). The molecule has 3 aromatic carbocycles. The van der Waals surface area contributed by atoms with Crippen molar-refractivity contribution in [3.63, 3.8) is 0 Å². The lowest BCUT2D eigenvalue weighted by atomic mass is 9.87. The number of benzene rings is 3. The normalized spacial score (nSPS) is 14.2. The number of aryl methyl sites for hydroxylation is 1. The van der Waals surface area contributed by atoms with Gasteiger partial charge in [0.1, 0.15) is 11.6 Å². The SMILES string of the molecule is COC(=O)c1ccc(CN(CCC2CCCCC2)Cc2cc(F)cc(F)c2)cc1-c1ccccc1C. The Hall–Kier alpha value is -3.05. The van der Waals surface area contributed by atoms with E-state index in [1.54, 1.807) is 0 Å². The van der Waals surface area contributed by atoms with E-state index in [-0.39, 0.29) is 5.97 Å². The van der Waals surface area contributed by atoms with E-state index in [1.807, 2.05) is 49.4 Å². The molecule has 0 radical (unpaired) electrons. The molecule has 0 aliphatic heterocycles. The summed E-state index contributed by atoms with van der Waals surface area (Å²) in [5.41, 5.74) is 5.09. The molecule has 1 saturated carbocycles. The number of ether oxygens (including phenoxy) is 1. The summed E-state index contributed by atoms with van der Waals surface area (Å²) >= 11 is 0. The van der Waals surface area contributed by atoms with Gasteiger partial charge in [-0.25, -0.2) is 13.6 Å². The average Bonchev–Trinajstić information content (AvgIpc) is 2.87. The molecule has 1 aliphatic rings. The van der Waals surface area contributed by atoms with E-state index in [0.717, 1.165) is 41.3 Å². The molecular weight excluding hydrogens is 456 g/mol. The number of rotatable bonds is 9. The van der Waals surface area contributed by atoms with Gasteiger partial charge in [-0.3, -0.25) is 4.90 Å². The molecular formula is C31H35F2NO2. The van der Waals surface area contributed by atoms with Crippen molar-refractivity contribution >= 4 is 5.97 Å². The van der Waals surface area contributed by atoms with Crippen molar-refractivity contribution in [2.24, 2.45) is 5.92 Å². The summed E-state index contributed by atoms with van der Waals surface area (Å²) in [6, 6.07) is 17.5. The van der Waals surface area contributed by atoms with E-state index in [4.69, 9.17) is 4.74 Å². The molecule has 0 unspecified atom stereocenters. The lowest BCUT2D eigenvalue weighted by molar-refractivity contribution is 0.0601. The lowest BCUT2D eigenvalue weighted by Gasteiger charge is -2.27. The summed E-state index contributed by atoms with van der Waals surface area (Å²) in [6.45, 7) is 3.95. The predicted octanol–water partition coefficient (Wildman–Crippen LogP) is 7.70. The summed E-state index contributed by atoms with van der Waals surface area (Å²) in [6.07, 6.45) is 7.48. The van der Waals surface area contributed by atoms with Crippen LogP contribution < -0.4 is 0 Å². The van der Waals surface area contributed by atoms with Crippen LogP contribution in [0.15, 0.2) is 60.7 Å². The highest BCUT2D eigenvalue weighted by atomic mass is 19.1. The van der Waals surface area contributed by atoms with E-state index in [2.05, 4.69) is 4.90 Å². The van der Waals surface area contributed by atoms with E-state index >= 15 is 0 Å². The summed E-state index contributed by atoms with van der Waals surface area (Å²) in [4.78, 5) is 14.8. The minimum atomic E-state index is -0.554. The summed E-state index contributed by atoms with van der Waals surface area (Å²) in [5, 5.41) is 0. The Morgan fingerprint density at radius 2 is 1.58 bits per heavy atom. The van der Waals surface area contributed by atoms with Crippen LogP contribution in [0.25, 0.3) is 11.1 Å². The maximum absolute atomic E-state index is 13.9. The summed E-state index contributed by atoms with van der Waals surface area (Å²) in [7, 11) is 1.39. The van der Waals surface area contributed by atoms with Crippen molar-refractivity contribution in [2.75, 3.05) is 13.7 Å². The van der Waals surface area contributed by atoms with Crippen molar-refractivity contribution in [3.8, 4) is 11.1 Å². The third-order valence-electron chi connectivity index (χ3n) is 7.24. The fourth-order valence-electron chi connectivity index (χ4n) is 5.35. The molecule has 0 aromatic heterocycles. The number of methoxy groups -OCH3 is 1. The first kappa shape index (κ1) is 26.0. The molecule has 0 spiro atoms. The van der Waals surface area contributed by atoms with Crippen molar-refractivity contribution in [3.05, 3.63) is 94.6 Å². The van der Waals surface area contributed by atoms with Crippen LogP contribution in [0.5, 0.6) is 0 Å². The number of hydrogen-bond acceptors (Lipinski definition) is 3. The van der Waals surface area contributed by atoms with Gasteiger partial charge in [0.2, 0.25) is 0 Å². The molecule has 190 valence electrons. The number of nitrogens with zero attached hydrogens (tertiary/aromatic N) is 1. The topological polar surface area (TPSA) is 29.5 Å². The third-order valence-corrected chi connectivity index (χ3v) is 7.24. The standard InChI is InChI=1S/C31H35F2NO2/c1-22-8-6-7-11-28(22)30-18-24(12-13-29(30)31(35)36-2)20-34(15-14-23-9-4-3-5-10-23)21-25-16-26(32)19-27(33)17-25/h6-8,11-13,16-19,23H,3-5,9-10,14-15,20-21H2,1-2H3. The Balaban J connectivity index is 1.62. The van der Waals surface area contributed by atoms with Gasteiger partial charge in [0.25, 0.3) is 0 Å². The van der Waals surface area contributed by atoms with Gasteiger partial charge in [-0.2, -0.15) is 0 Å². The maximum Gasteiger partial charge on any atom is 0.338 e. The largest absolute Gasteiger partial charge is 0.465 e. The highest BCUT2D eigenvalue weighted by Crippen LogP contribution is 2.30. The van der Waals surface area contributed by atoms with Gasteiger partial charge >= 0.3 is 5.97 Å². The van der Waals surface area contributed by atoms with E-state index in [0.29, 0.717) is 30.1 Å². The molecule has 0 N–H and O–H groups in total. The maximum atomic E-state index is 13.9. The van der Waals surface area contributed by atoms with Gasteiger partial charge in [0.05, 0.1) is 12.7 Å².